The molecular formula is C7H4BrN. The summed E-state index contributed by atoms with van der Waals surface area (Å²) in [5, 5.41) is 8.39. The van der Waals surface area contributed by atoms with Gasteiger partial charge in [0.15, 0.2) is 0 Å². The van der Waals surface area contributed by atoms with Crippen molar-refractivity contribution in [3.05, 3.63) is 34.3 Å². The van der Waals surface area contributed by atoms with Crippen LogP contribution in [0.15, 0.2) is 28.7 Å². The van der Waals surface area contributed by atoms with E-state index in [1.54, 1.807) is 12.1 Å². The fourth-order valence-electron chi connectivity index (χ4n) is 0.558. The molecule has 2 heteroatoms. The number of hydrogen-bond acceptors (Lipinski definition) is 1. The van der Waals surface area contributed by atoms with Gasteiger partial charge in [-0.3, -0.25) is 0 Å². The van der Waals surface area contributed by atoms with Gasteiger partial charge in [-0.25, -0.2) is 0 Å². The van der Waals surface area contributed by atoms with Crippen molar-refractivity contribution >= 4 is 15.9 Å². The van der Waals surface area contributed by atoms with Crippen LogP contribution in [0.3, 0.4) is 0 Å². The Labute approximate surface area is 62.1 Å². The highest BCUT2D eigenvalue weighted by molar-refractivity contribution is 9.10. The first kappa shape index (κ1) is 6.31. The number of nitrogens with zero attached hydrogens (tertiary/aromatic N) is 1. The molecule has 44 valence electrons. The lowest BCUT2D eigenvalue weighted by molar-refractivity contribution is 1.48. The summed E-state index contributed by atoms with van der Waals surface area (Å²) in [6.45, 7) is 0. The third-order valence-corrected chi connectivity index (χ3v) is 1.45. The zero-order valence-corrected chi connectivity index (χ0v) is 6.22. The van der Waals surface area contributed by atoms with Gasteiger partial charge >= 0.3 is 0 Å². The Morgan fingerprint density at radius 2 is 2.22 bits per heavy atom. The molecule has 9 heavy (non-hydrogen) atoms. The summed E-state index contributed by atoms with van der Waals surface area (Å²) >= 11 is 3.25. The molecule has 0 unspecified atom stereocenters. The molecule has 1 aromatic rings. The maximum atomic E-state index is 8.39. The molecule has 0 heterocycles. The van der Waals surface area contributed by atoms with Crippen molar-refractivity contribution in [3.63, 3.8) is 0 Å². The van der Waals surface area contributed by atoms with Gasteiger partial charge in [0.2, 0.25) is 0 Å². The van der Waals surface area contributed by atoms with Crippen LogP contribution >= 0.6 is 15.9 Å². The lowest BCUT2D eigenvalue weighted by atomic mass is 10.3. The molecule has 0 amide bonds. The van der Waals surface area contributed by atoms with Gasteiger partial charge < -0.3 is 0 Å². The molecule has 0 aliphatic heterocycles. The van der Waals surface area contributed by atoms with Crippen LogP contribution in [0.1, 0.15) is 5.56 Å². The lowest BCUT2D eigenvalue weighted by Gasteiger charge is -1.86. The van der Waals surface area contributed by atoms with Gasteiger partial charge in [0.1, 0.15) is 0 Å². The van der Waals surface area contributed by atoms with E-state index in [2.05, 4.69) is 15.9 Å². The fourth-order valence-corrected chi connectivity index (χ4v) is 0.957. The second kappa shape index (κ2) is 2.65. The highest BCUT2D eigenvalue weighted by atomic mass is 79.9. The van der Waals surface area contributed by atoms with Crippen LogP contribution in [-0.2, 0) is 0 Å². The van der Waals surface area contributed by atoms with Crippen molar-refractivity contribution in [2.75, 3.05) is 0 Å². The maximum Gasteiger partial charge on any atom is 0.0992 e. The maximum absolute atomic E-state index is 8.39. The molecule has 0 radical (unpaired) electrons. The molecule has 0 spiro atoms. The molecule has 0 saturated carbocycles. The summed E-state index contributed by atoms with van der Waals surface area (Å²) in [5.41, 5.74) is 0.685. The third kappa shape index (κ3) is 1.55. The zero-order valence-electron chi connectivity index (χ0n) is 4.63. The van der Waals surface area contributed by atoms with Crippen LogP contribution in [-0.4, -0.2) is 0 Å². The monoisotopic (exact) mass is 182 g/mol. The molecule has 0 atom stereocenters. The summed E-state index contributed by atoms with van der Waals surface area (Å²) < 4.78 is 0.946. The Bertz CT molecular complexity index is 249. The molecule has 0 bridgehead atoms. The second-order valence-electron chi connectivity index (χ2n) is 1.62. The van der Waals surface area contributed by atoms with Crippen molar-refractivity contribution in [1.29, 1.82) is 5.26 Å². The first-order chi connectivity index (χ1) is 4.33. The van der Waals surface area contributed by atoms with Gasteiger partial charge in [0, 0.05) is 4.47 Å². The highest BCUT2D eigenvalue weighted by Crippen LogP contribution is 2.09. The van der Waals surface area contributed by atoms with Gasteiger partial charge in [-0.2, -0.15) is 5.26 Å². The third-order valence-electron chi connectivity index (χ3n) is 0.954. The van der Waals surface area contributed by atoms with Crippen LogP contribution in [0, 0.1) is 11.3 Å². The molecule has 1 nitrogen and oxygen atoms in total. The minimum absolute atomic E-state index is 0.685. The van der Waals surface area contributed by atoms with Gasteiger partial charge in [0.05, 0.1) is 11.6 Å². The van der Waals surface area contributed by atoms with Crippen molar-refractivity contribution in [2.24, 2.45) is 0 Å². The van der Waals surface area contributed by atoms with E-state index in [4.69, 9.17) is 5.26 Å². The van der Waals surface area contributed by atoms with E-state index in [0.717, 1.165) is 4.47 Å². The number of halogens is 1. The van der Waals surface area contributed by atoms with Crippen molar-refractivity contribution in [2.45, 2.75) is 0 Å². The van der Waals surface area contributed by atoms with E-state index >= 15 is 0 Å². The number of benzene rings is 1. The van der Waals surface area contributed by atoms with Gasteiger partial charge in [-0.05, 0) is 18.2 Å². The van der Waals surface area contributed by atoms with Crippen molar-refractivity contribution in [3.8, 4) is 6.07 Å². The topological polar surface area (TPSA) is 23.8 Å². The normalized spacial score (nSPS) is 8.44. The van der Waals surface area contributed by atoms with Crippen LogP contribution in [0.5, 0.6) is 0 Å². The largest absolute Gasteiger partial charge is 0.192 e. The van der Waals surface area contributed by atoms with Crippen LogP contribution < -0.4 is 0 Å². The second-order valence-corrected chi connectivity index (χ2v) is 2.54. The molecule has 0 N–H and O–H groups in total. The zero-order chi connectivity index (χ0) is 6.69. The molecule has 0 aliphatic carbocycles. The van der Waals surface area contributed by atoms with E-state index in [1.165, 1.54) is 0 Å². The lowest BCUT2D eigenvalue weighted by Crippen LogP contribution is -1.70. The number of hydrogen-bond donors (Lipinski definition) is 0. The Morgan fingerprint density at radius 3 is 2.67 bits per heavy atom. The minimum Gasteiger partial charge on any atom is -0.192 e. The molecule has 0 aromatic heterocycles. The molecular weight excluding hydrogens is 179 g/mol. The van der Waals surface area contributed by atoms with Crippen LogP contribution in [0.25, 0.3) is 0 Å². The van der Waals surface area contributed by atoms with Crippen LogP contribution in [0.4, 0.5) is 0 Å². The Morgan fingerprint density at radius 1 is 1.44 bits per heavy atom. The standard InChI is InChI=1S/C7H4BrN/c8-7-3-1-2-6(4-7)5-9/h1-4H/i5+1. The Kier molecular flexibility index (Phi) is 1.86. The summed E-state index contributed by atoms with van der Waals surface area (Å²) in [5.74, 6) is 0. The summed E-state index contributed by atoms with van der Waals surface area (Å²) in [7, 11) is 0. The summed E-state index contributed by atoms with van der Waals surface area (Å²) in [4.78, 5) is 0. The van der Waals surface area contributed by atoms with E-state index in [-0.39, 0.29) is 0 Å². The van der Waals surface area contributed by atoms with Gasteiger partial charge in [-0.1, -0.05) is 22.0 Å². The van der Waals surface area contributed by atoms with E-state index in [0.29, 0.717) is 5.56 Å². The molecule has 0 aliphatic rings. The van der Waals surface area contributed by atoms with Crippen molar-refractivity contribution in [1.82, 2.24) is 0 Å². The molecule has 1 aromatic carbocycles. The van der Waals surface area contributed by atoms with Gasteiger partial charge in [-0.15, -0.1) is 0 Å². The minimum atomic E-state index is 0.685. The first-order valence-electron chi connectivity index (χ1n) is 2.48. The Balaban J connectivity index is 3.12. The van der Waals surface area contributed by atoms with E-state index < -0.39 is 0 Å². The first-order valence-corrected chi connectivity index (χ1v) is 3.28. The average Bonchev–Trinajstić information content (AvgIpc) is 1.88. The number of rotatable bonds is 0. The number of nitriles is 1. The van der Waals surface area contributed by atoms with Gasteiger partial charge in [0.25, 0.3) is 0 Å². The predicted molar refractivity (Wildman–Crippen MR) is 38.9 cm³/mol. The summed E-state index contributed by atoms with van der Waals surface area (Å²) in [6, 6.07) is 9.31. The molecule has 0 fully saturated rings. The molecule has 0 saturated heterocycles. The average molecular weight is 183 g/mol. The van der Waals surface area contributed by atoms with Crippen molar-refractivity contribution < 1.29 is 0 Å². The van der Waals surface area contributed by atoms with Crippen LogP contribution in [0.2, 0.25) is 0 Å². The van der Waals surface area contributed by atoms with E-state index in [1.807, 2.05) is 18.2 Å². The smallest absolute Gasteiger partial charge is 0.0992 e. The van der Waals surface area contributed by atoms with E-state index in [9.17, 15) is 0 Å². The Hall–Kier alpha value is -0.810. The SMILES string of the molecule is N#[13C]c1cccc(Br)c1. The summed E-state index contributed by atoms with van der Waals surface area (Å²) in [6.07, 6.45) is 0. The quantitative estimate of drug-likeness (QED) is 0.566. The fraction of sp³-hybridized carbons (Fsp3) is 0. The highest BCUT2D eigenvalue weighted by Gasteiger charge is 1.87. The predicted octanol–water partition coefficient (Wildman–Crippen LogP) is 2.32. The molecule has 1 rings (SSSR count).